The lowest BCUT2D eigenvalue weighted by Gasteiger charge is -2.45. The predicted molar refractivity (Wildman–Crippen MR) is 97.3 cm³/mol. The van der Waals surface area contributed by atoms with E-state index in [0.29, 0.717) is 5.69 Å². The van der Waals surface area contributed by atoms with Crippen molar-refractivity contribution in [2.75, 3.05) is 10.2 Å². The van der Waals surface area contributed by atoms with Gasteiger partial charge in [0, 0.05) is 6.92 Å². The highest BCUT2D eigenvalue weighted by molar-refractivity contribution is 6.34. The molecule has 1 spiro atoms. The maximum absolute atomic E-state index is 14.5. The molecule has 1 aliphatic heterocycles. The van der Waals surface area contributed by atoms with Gasteiger partial charge in [0.15, 0.2) is 0 Å². The average molecular weight is 367 g/mol. The quantitative estimate of drug-likeness (QED) is 0.747. The second-order valence-corrected chi connectivity index (χ2v) is 6.69. The molecule has 0 saturated heterocycles. The molecule has 0 unspecified atom stereocenters. The molecule has 0 bridgehead atoms. The standard InChI is InChI=1S/C16H20ClFN6O/c1-9(25)21-13-11(17)7-10(8-12(13)18)24-15(20)22-14(19)23-16(24)5-3-2-4-6-16/h7-8H,2-6H2,1H3,(H,21,25)(H4,19,20,22,23). The van der Waals surface area contributed by atoms with E-state index in [1.54, 1.807) is 11.0 Å². The summed E-state index contributed by atoms with van der Waals surface area (Å²) in [5.41, 5.74) is 11.6. The van der Waals surface area contributed by atoms with E-state index in [9.17, 15) is 9.18 Å². The van der Waals surface area contributed by atoms with E-state index in [-0.39, 0.29) is 22.6 Å². The molecule has 25 heavy (non-hydrogen) atoms. The van der Waals surface area contributed by atoms with Crippen LogP contribution in [0.2, 0.25) is 5.02 Å². The summed E-state index contributed by atoms with van der Waals surface area (Å²) < 4.78 is 14.5. The van der Waals surface area contributed by atoms with Gasteiger partial charge in [-0.2, -0.15) is 4.99 Å². The third kappa shape index (κ3) is 3.26. The Kier molecular flexibility index (Phi) is 4.55. The molecule has 1 aromatic carbocycles. The first-order chi connectivity index (χ1) is 11.8. The number of hydrogen-bond acceptors (Lipinski definition) is 6. The lowest BCUT2D eigenvalue weighted by atomic mass is 9.87. The molecule has 2 aliphatic rings. The summed E-state index contributed by atoms with van der Waals surface area (Å²) in [7, 11) is 0. The number of aliphatic imine (C=N–C) groups is 2. The fourth-order valence-corrected chi connectivity index (χ4v) is 3.73. The van der Waals surface area contributed by atoms with Crippen molar-refractivity contribution in [2.24, 2.45) is 21.5 Å². The smallest absolute Gasteiger partial charge is 0.221 e. The van der Waals surface area contributed by atoms with Crippen LogP contribution in [0.15, 0.2) is 22.1 Å². The highest BCUT2D eigenvalue weighted by Crippen LogP contribution is 2.41. The van der Waals surface area contributed by atoms with Crippen LogP contribution in [-0.4, -0.2) is 23.5 Å². The molecular weight excluding hydrogens is 347 g/mol. The molecule has 1 heterocycles. The second-order valence-electron chi connectivity index (χ2n) is 6.28. The van der Waals surface area contributed by atoms with Crippen LogP contribution < -0.4 is 21.7 Å². The molecule has 7 nitrogen and oxygen atoms in total. The number of nitrogens with two attached hydrogens (primary N) is 2. The summed E-state index contributed by atoms with van der Waals surface area (Å²) in [6, 6.07) is 2.82. The van der Waals surface area contributed by atoms with Gasteiger partial charge in [-0.3, -0.25) is 9.69 Å². The minimum atomic E-state index is -0.681. The van der Waals surface area contributed by atoms with Gasteiger partial charge in [0.1, 0.15) is 11.5 Å². The summed E-state index contributed by atoms with van der Waals surface area (Å²) in [5.74, 6) is -0.790. The number of guanidine groups is 2. The summed E-state index contributed by atoms with van der Waals surface area (Å²) in [5, 5.41) is 2.46. The van der Waals surface area contributed by atoms with Gasteiger partial charge in [-0.15, -0.1) is 0 Å². The van der Waals surface area contributed by atoms with E-state index < -0.39 is 17.4 Å². The lowest BCUT2D eigenvalue weighted by Crippen LogP contribution is -2.58. The molecule has 134 valence electrons. The van der Waals surface area contributed by atoms with Gasteiger partial charge >= 0.3 is 0 Å². The molecule has 1 aliphatic carbocycles. The summed E-state index contributed by atoms with van der Waals surface area (Å²) in [6.07, 6.45) is 4.48. The van der Waals surface area contributed by atoms with Crippen molar-refractivity contribution < 1.29 is 9.18 Å². The van der Waals surface area contributed by atoms with Gasteiger partial charge < -0.3 is 16.8 Å². The third-order valence-corrected chi connectivity index (χ3v) is 4.74. The fourth-order valence-electron chi connectivity index (χ4n) is 3.48. The lowest BCUT2D eigenvalue weighted by molar-refractivity contribution is -0.114. The first-order valence-corrected chi connectivity index (χ1v) is 8.46. The molecule has 0 radical (unpaired) electrons. The van der Waals surface area contributed by atoms with Crippen LogP contribution in [-0.2, 0) is 4.79 Å². The van der Waals surface area contributed by atoms with Crippen LogP contribution in [0.25, 0.3) is 0 Å². The topological polar surface area (TPSA) is 109 Å². The van der Waals surface area contributed by atoms with E-state index >= 15 is 0 Å². The molecule has 0 atom stereocenters. The zero-order valence-electron chi connectivity index (χ0n) is 13.9. The number of hydrogen-bond donors (Lipinski definition) is 3. The maximum atomic E-state index is 14.5. The van der Waals surface area contributed by atoms with Crippen molar-refractivity contribution in [1.29, 1.82) is 0 Å². The SMILES string of the molecule is CC(=O)Nc1c(F)cc(N2C(N)=NC(N)=NC23CCCCC3)cc1Cl. The summed E-state index contributed by atoms with van der Waals surface area (Å²) in [4.78, 5) is 21.5. The van der Waals surface area contributed by atoms with E-state index in [2.05, 4.69) is 15.3 Å². The van der Waals surface area contributed by atoms with Crippen molar-refractivity contribution in [3.63, 3.8) is 0 Å². The van der Waals surface area contributed by atoms with E-state index in [0.717, 1.165) is 32.1 Å². The van der Waals surface area contributed by atoms with Gasteiger partial charge in [-0.05, 0) is 37.8 Å². The van der Waals surface area contributed by atoms with Gasteiger partial charge in [-0.1, -0.05) is 18.0 Å². The molecule has 1 aromatic rings. The number of halogens is 2. The molecular formula is C16H20ClFN6O. The van der Waals surface area contributed by atoms with Crippen molar-refractivity contribution >= 4 is 40.8 Å². The van der Waals surface area contributed by atoms with Gasteiger partial charge in [0.05, 0.1) is 16.4 Å². The minimum Gasteiger partial charge on any atom is -0.369 e. The number of benzene rings is 1. The normalized spacial score (nSPS) is 19.4. The molecule has 1 fully saturated rings. The predicted octanol–water partition coefficient (Wildman–Crippen LogP) is 2.55. The fraction of sp³-hybridized carbons (Fsp3) is 0.438. The number of carbonyl (C=O) groups is 1. The number of amides is 1. The van der Waals surface area contributed by atoms with E-state index in [1.807, 2.05) is 0 Å². The number of rotatable bonds is 2. The Morgan fingerprint density at radius 2 is 2.00 bits per heavy atom. The zero-order valence-corrected chi connectivity index (χ0v) is 14.6. The van der Waals surface area contributed by atoms with Crippen molar-refractivity contribution in [2.45, 2.75) is 44.7 Å². The van der Waals surface area contributed by atoms with Gasteiger partial charge in [0.2, 0.25) is 17.8 Å². The van der Waals surface area contributed by atoms with Crippen molar-refractivity contribution in [1.82, 2.24) is 0 Å². The van der Waals surface area contributed by atoms with Crippen LogP contribution in [0.1, 0.15) is 39.0 Å². The molecule has 5 N–H and O–H groups in total. The van der Waals surface area contributed by atoms with Crippen LogP contribution in [0, 0.1) is 5.82 Å². The Balaban J connectivity index is 2.07. The third-order valence-electron chi connectivity index (χ3n) is 4.44. The van der Waals surface area contributed by atoms with Crippen LogP contribution >= 0.6 is 11.6 Å². The van der Waals surface area contributed by atoms with Crippen molar-refractivity contribution in [3.05, 3.63) is 23.0 Å². The number of nitrogens with one attached hydrogen (secondary N) is 1. The summed E-state index contributed by atoms with van der Waals surface area (Å²) >= 11 is 6.18. The van der Waals surface area contributed by atoms with E-state index in [1.165, 1.54) is 13.0 Å². The average Bonchev–Trinajstić information content (AvgIpc) is 2.50. The number of anilines is 2. The first-order valence-electron chi connectivity index (χ1n) is 8.09. The highest BCUT2D eigenvalue weighted by atomic mass is 35.5. The van der Waals surface area contributed by atoms with Crippen LogP contribution in [0.4, 0.5) is 15.8 Å². The second kappa shape index (κ2) is 6.51. The molecule has 3 rings (SSSR count). The van der Waals surface area contributed by atoms with Gasteiger partial charge in [-0.25, -0.2) is 9.38 Å². The zero-order chi connectivity index (χ0) is 18.2. The highest BCUT2D eigenvalue weighted by Gasteiger charge is 2.42. The molecule has 9 heteroatoms. The van der Waals surface area contributed by atoms with Crippen LogP contribution in [0.5, 0.6) is 0 Å². The van der Waals surface area contributed by atoms with Crippen molar-refractivity contribution in [3.8, 4) is 0 Å². The number of carbonyl (C=O) groups excluding carboxylic acids is 1. The largest absolute Gasteiger partial charge is 0.369 e. The number of nitrogens with zero attached hydrogens (tertiary/aromatic N) is 3. The minimum absolute atomic E-state index is 0.0638. The first kappa shape index (κ1) is 17.5. The molecule has 1 amide bonds. The Bertz CT molecular complexity index is 749. The Hall–Kier alpha value is -2.35. The molecule has 1 saturated carbocycles. The van der Waals surface area contributed by atoms with Gasteiger partial charge in [0.25, 0.3) is 0 Å². The summed E-state index contributed by atoms with van der Waals surface area (Å²) in [6.45, 7) is 1.29. The molecule has 0 aromatic heterocycles. The maximum Gasteiger partial charge on any atom is 0.221 e. The van der Waals surface area contributed by atoms with E-state index in [4.69, 9.17) is 23.1 Å². The Morgan fingerprint density at radius 3 is 2.60 bits per heavy atom. The van der Waals surface area contributed by atoms with Crippen LogP contribution in [0.3, 0.4) is 0 Å². The Labute approximate surface area is 149 Å². The Morgan fingerprint density at radius 1 is 1.32 bits per heavy atom. The monoisotopic (exact) mass is 366 g/mol.